The average molecular weight is 620 g/mol. The standard InChI is InChI=1S/C32H37N5O8/c1-20(2)15-25(31(43)33-17-27(39)34-24-11-9-23(10-12-24)19-45-21(3)38)36-32(44)26(16-22-7-5-4-6-8-22)35-28(40)18-37-29(41)13-14-30(37)42/h4-14,20,25-26H,15-19H2,1-3H3,(H,33,43)(H,34,39)(H,35,40)(H,36,44)/t25-,26-/m0/s1. The molecule has 2 aromatic carbocycles. The molecule has 1 heterocycles. The van der Waals surface area contributed by atoms with E-state index in [1.165, 1.54) is 6.92 Å². The number of anilines is 1. The molecule has 13 heteroatoms. The van der Waals surface area contributed by atoms with Crippen LogP contribution in [0.25, 0.3) is 0 Å². The third-order valence-corrected chi connectivity index (χ3v) is 6.58. The van der Waals surface area contributed by atoms with Crippen molar-refractivity contribution in [1.82, 2.24) is 20.9 Å². The van der Waals surface area contributed by atoms with Crippen LogP contribution in [0.2, 0.25) is 0 Å². The van der Waals surface area contributed by atoms with Gasteiger partial charge in [0.25, 0.3) is 11.8 Å². The van der Waals surface area contributed by atoms with E-state index in [2.05, 4.69) is 21.3 Å². The van der Waals surface area contributed by atoms with Crippen molar-refractivity contribution in [1.29, 1.82) is 0 Å². The van der Waals surface area contributed by atoms with Crippen molar-refractivity contribution in [2.45, 2.75) is 52.3 Å². The van der Waals surface area contributed by atoms with Gasteiger partial charge in [-0.3, -0.25) is 38.5 Å². The van der Waals surface area contributed by atoms with E-state index in [4.69, 9.17) is 4.74 Å². The van der Waals surface area contributed by atoms with Crippen LogP contribution >= 0.6 is 0 Å². The lowest BCUT2D eigenvalue weighted by Crippen LogP contribution is -2.56. The lowest BCUT2D eigenvalue weighted by Gasteiger charge is -2.25. The van der Waals surface area contributed by atoms with Gasteiger partial charge >= 0.3 is 5.97 Å². The minimum absolute atomic E-state index is 0.0118. The maximum atomic E-state index is 13.5. The molecule has 45 heavy (non-hydrogen) atoms. The second-order valence-electron chi connectivity index (χ2n) is 10.8. The van der Waals surface area contributed by atoms with Gasteiger partial charge in [-0.2, -0.15) is 0 Å². The topological polar surface area (TPSA) is 180 Å². The molecule has 2 atom stereocenters. The second-order valence-corrected chi connectivity index (χ2v) is 10.8. The van der Waals surface area contributed by atoms with E-state index in [1.807, 2.05) is 13.8 Å². The molecule has 0 radical (unpaired) electrons. The quantitative estimate of drug-likeness (QED) is 0.168. The van der Waals surface area contributed by atoms with E-state index in [1.54, 1.807) is 54.6 Å². The zero-order valence-corrected chi connectivity index (χ0v) is 25.3. The Bertz CT molecular complexity index is 1420. The molecule has 0 saturated heterocycles. The minimum Gasteiger partial charge on any atom is -0.461 e. The van der Waals surface area contributed by atoms with Crippen molar-refractivity contribution in [3.63, 3.8) is 0 Å². The van der Waals surface area contributed by atoms with Crippen LogP contribution in [0.15, 0.2) is 66.7 Å². The molecule has 0 bridgehead atoms. The van der Waals surface area contributed by atoms with Gasteiger partial charge in [0.05, 0.1) is 6.54 Å². The van der Waals surface area contributed by atoms with Crippen LogP contribution in [0, 0.1) is 5.92 Å². The van der Waals surface area contributed by atoms with E-state index in [-0.39, 0.29) is 31.9 Å². The highest BCUT2D eigenvalue weighted by atomic mass is 16.5. The molecule has 13 nitrogen and oxygen atoms in total. The number of hydrogen-bond donors (Lipinski definition) is 4. The first-order valence-electron chi connectivity index (χ1n) is 14.4. The monoisotopic (exact) mass is 619 g/mol. The molecule has 6 amide bonds. The van der Waals surface area contributed by atoms with Crippen molar-refractivity contribution >= 4 is 47.1 Å². The predicted octanol–water partition coefficient (Wildman–Crippen LogP) is 0.988. The highest BCUT2D eigenvalue weighted by molar-refractivity contribution is 6.14. The Morgan fingerprint density at radius 2 is 1.42 bits per heavy atom. The summed E-state index contributed by atoms with van der Waals surface area (Å²) >= 11 is 0. The first kappa shape index (κ1) is 34.2. The molecular weight excluding hydrogens is 582 g/mol. The Balaban J connectivity index is 1.62. The molecule has 0 aromatic heterocycles. The maximum Gasteiger partial charge on any atom is 0.302 e. The van der Waals surface area contributed by atoms with Gasteiger partial charge in [-0.1, -0.05) is 56.3 Å². The Labute approximate surface area is 260 Å². The van der Waals surface area contributed by atoms with Crippen LogP contribution in [0.4, 0.5) is 5.69 Å². The molecule has 0 spiro atoms. The van der Waals surface area contributed by atoms with Crippen molar-refractivity contribution in [2.24, 2.45) is 5.92 Å². The number of amides is 6. The number of imide groups is 1. The first-order valence-corrected chi connectivity index (χ1v) is 14.4. The molecule has 2 aromatic rings. The lowest BCUT2D eigenvalue weighted by atomic mass is 10.0. The van der Waals surface area contributed by atoms with Crippen molar-refractivity contribution < 1.29 is 38.3 Å². The molecule has 0 unspecified atom stereocenters. The van der Waals surface area contributed by atoms with Gasteiger partial charge in [0.2, 0.25) is 23.6 Å². The number of hydrogen-bond acceptors (Lipinski definition) is 8. The van der Waals surface area contributed by atoms with Gasteiger partial charge in [-0.25, -0.2) is 0 Å². The third-order valence-electron chi connectivity index (χ3n) is 6.58. The van der Waals surface area contributed by atoms with Gasteiger partial charge < -0.3 is 26.0 Å². The summed E-state index contributed by atoms with van der Waals surface area (Å²) in [5.41, 5.74) is 1.94. The summed E-state index contributed by atoms with van der Waals surface area (Å²) in [6.45, 7) is 4.21. The van der Waals surface area contributed by atoms with Gasteiger partial charge in [0, 0.05) is 31.2 Å². The molecule has 3 rings (SSSR count). The van der Waals surface area contributed by atoms with Crippen molar-refractivity contribution in [3.05, 3.63) is 77.9 Å². The summed E-state index contributed by atoms with van der Waals surface area (Å²) in [4.78, 5) is 87.4. The van der Waals surface area contributed by atoms with E-state index in [0.717, 1.165) is 28.2 Å². The summed E-state index contributed by atoms with van der Waals surface area (Å²) in [5, 5.41) is 10.5. The van der Waals surface area contributed by atoms with Gasteiger partial charge in [0.1, 0.15) is 25.2 Å². The number of ether oxygens (including phenoxy) is 1. The third kappa shape index (κ3) is 11.4. The van der Waals surface area contributed by atoms with Crippen LogP contribution in [-0.4, -0.2) is 71.5 Å². The van der Waals surface area contributed by atoms with Gasteiger partial charge in [-0.05, 0) is 35.6 Å². The molecule has 0 fully saturated rings. The first-order chi connectivity index (χ1) is 21.4. The molecule has 4 N–H and O–H groups in total. The van der Waals surface area contributed by atoms with Crippen LogP contribution in [0.3, 0.4) is 0 Å². The van der Waals surface area contributed by atoms with Crippen molar-refractivity contribution in [3.8, 4) is 0 Å². The van der Waals surface area contributed by atoms with Gasteiger partial charge in [0.15, 0.2) is 0 Å². The van der Waals surface area contributed by atoms with Crippen LogP contribution < -0.4 is 21.3 Å². The Morgan fingerprint density at radius 3 is 2.02 bits per heavy atom. The number of esters is 1. The number of benzene rings is 2. The minimum atomic E-state index is -1.13. The number of carbonyl (C=O) groups excluding carboxylic acids is 7. The molecule has 1 aliphatic rings. The summed E-state index contributed by atoms with van der Waals surface area (Å²) < 4.78 is 4.94. The van der Waals surface area contributed by atoms with Crippen molar-refractivity contribution in [2.75, 3.05) is 18.4 Å². The summed E-state index contributed by atoms with van der Waals surface area (Å²) in [7, 11) is 0. The molecule has 238 valence electrons. The highest BCUT2D eigenvalue weighted by Gasteiger charge is 2.30. The smallest absolute Gasteiger partial charge is 0.302 e. The Hall–Kier alpha value is -5.33. The summed E-state index contributed by atoms with van der Waals surface area (Å²) in [6.07, 6.45) is 2.44. The number of rotatable bonds is 15. The van der Waals surface area contributed by atoms with E-state index in [9.17, 15) is 33.6 Å². The number of nitrogens with zero attached hydrogens (tertiary/aromatic N) is 1. The van der Waals surface area contributed by atoms with E-state index >= 15 is 0 Å². The lowest BCUT2D eigenvalue weighted by molar-refractivity contribution is -0.142. The Morgan fingerprint density at radius 1 is 0.778 bits per heavy atom. The van der Waals surface area contributed by atoms with E-state index in [0.29, 0.717) is 5.69 Å². The summed E-state index contributed by atoms with van der Waals surface area (Å²) in [5.74, 6) is -4.14. The fourth-order valence-corrected chi connectivity index (χ4v) is 4.37. The fourth-order valence-electron chi connectivity index (χ4n) is 4.37. The number of nitrogens with one attached hydrogen (secondary N) is 4. The number of carbonyl (C=O) groups is 7. The van der Waals surface area contributed by atoms with Crippen LogP contribution in [0.1, 0.15) is 38.3 Å². The second kappa shape index (κ2) is 16.5. The van der Waals surface area contributed by atoms with E-state index < -0.39 is 60.0 Å². The predicted molar refractivity (Wildman–Crippen MR) is 163 cm³/mol. The summed E-state index contributed by atoms with van der Waals surface area (Å²) in [6, 6.07) is 13.4. The Kier molecular flexibility index (Phi) is 12.5. The normalized spacial score (nSPS) is 13.6. The maximum absolute atomic E-state index is 13.5. The molecule has 0 aliphatic carbocycles. The zero-order chi connectivity index (χ0) is 32.9. The molecule has 1 aliphatic heterocycles. The molecular formula is C32H37N5O8. The fraction of sp³-hybridized carbons (Fsp3) is 0.344. The van der Waals surface area contributed by atoms with Crippen LogP contribution in [-0.2, 0) is 51.3 Å². The zero-order valence-electron chi connectivity index (χ0n) is 25.3. The largest absolute Gasteiger partial charge is 0.461 e. The van der Waals surface area contributed by atoms with Crippen LogP contribution in [0.5, 0.6) is 0 Å². The SMILES string of the molecule is CC(=O)OCc1ccc(NC(=O)CNC(=O)[C@H](CC(C)C)NC(=O)[C@H](Cc2ccccc2)NC(=O)CN2C(=O)C=CC2=O)cc1. The van der Waals surface area contributed by atoms with Gasteiger partial charge in [-0.15, -0.1) is 0 Å². The highest BCUT2D eigenvalue weighted by Crippen LogP contribution is 2.11. The average Bonchev–Trinajstić information content (AvgIpc) is 3.31. The molecule has 0 saturated carbocycles.